The molecule has 0 aliphatic carbocycles. The Morgan fingerprint density at radius 2 is 2.00 bits per heavy atom. The number of pyridine rings is 1. The largest absolute Gasteiger partial charge is 0.467 e. The molecule has 84 valence electrons. The Morgan fingerprint density at radius 3 is 2.76 bits per heavy atom. The molecule has 4 nitrogen and oxygen atoms in total. The summed E-state index contributed by atoms with van der Waals surface area (Å²) in [6.07, 6.45) is 8.94. The second-order valence-electron chi connectivity index (χ2n) is 3.69. The van der Waals surface area contributed by atoms with Gasteiger partial charge in [-0.1, -0.05) is 0 Å². The summed E-state index contributed by atoms with van der Waals surface area (Å²) in [6, 6.07) is 7.73. The molecule has 3 aromatic rings. The zero-order valence-electron chi connectivity index (χ0n) is 9.15. The van der Waals surface area contributed by atoms with Gasteiger partial charge in [-0.25, -0.2) is 4.98 Å². The van der Waals surface area contributed by atoms with Gasteiger partial charge in [0.1, 0.15) is 11.6 Å². The first-order valence-electron chi connectivity index (χ1n) is 5.37. The molecule has 0 aliphatic heterocycles. The molecule has 3 rings (SSSR count). The molecule has 3 aromatic heterocycles. The Balaban J connectivity index is 1.95. The number of hydrogen-bond donors (Lipinski definition) is 0. The summed E-state index contributed by atoms with van der Waals surface area (Å²) in [5.74, 6) is 1.84. The molecule has 4 heteroatoms. The van der Waals surface area contributed by atoms with Crippen LogP contribution in [0.25, 0.3) is 11.4 Å². The maximum atomic E-state index is 5.34. The summed E-state index contributed by atoms with van der Waals surface area (Å²) >= 11 is 0. The van der Waals surface area contributed by atoms with Crippen molar-refractivity contribution in [2.45, 2.75) is 6.54 Å². The van der Waals surface area contributed by atoms with Gasteiger partial charge in [-0.05, 0) is 24.3 Å². The highest BCUT2D eigenvalue weighted by Crippen LogP contribution is 2.17. The van der Waals surface area contributed by atoms with Gasteiger partial charge in [-0.3, -0.25) is 4.98 Å². The summed E-state index contributed by atoms with van der Waals surface area (Å²) in [6.45, 7) is 0.685. The summed E-state index contributed by atoms with van der Waals surface area (Å²) in [4.78, 5) is 8.37. The average molecular weight is 225 g/mol. The van der Waals surface area contributed by atoms with Crippen LogP contribution in [-0.2, 0) is 6.54 Å². The number of nitrogens with zero attached hydrogens (tertiary/aromatic N) is 3. The molecule has 3 heterocycles. The Bertz CT molecular complexity index is 584. The van der Waals surface area contributed by atoms with E-state index >= 15 is 0 Å². The van der Waals surface area contributed by atoms with Crippen molar-refractivity contribution in [1.82, 2.24) is 14.5 Å². The van der Waals surface area contributed by atoms with E-state index in [1.165, 1.54) is 0 Å². The molecule has 0 radical (unpaired) electrons. The van der Waals surface area contributed by atoms with Gasteiger partial charge < -0.3 is 8.98 Å². The van der Waals surface area contributed by atoms with Crippen molar-refractivity contribution in [2.24, 2.45) is 0 Å². The lowest BCUT2D eigenvalue weighted by molar-refractivity contribution is 0.494. The number of aromatic nitrogens is 3. The fraction of sp³-hybridized carbons (Fsp3) is 0.0769. The highest BCUT2D eigenvalue weighted by molar-refractivity contribution is 5.54. The van der Waals surface area contributed by atoms with E-state index in [2.05, 4.69) is 9.97 Å². The fourth-order valence-electron chi connectivity index (χ4n) is 1.77. The lowest BCUT2D eigenvalue weighted by atomic mass is 10.2. The maximum absolute atomic E-state index is 5.34. The van der Waals surface area contributed by atoms with Crippen LogP contribution < -0.4 is 0 Å². The zero-order valence-corrected chi connectivity index (χ0v) is 9.15. The minimum absolute atomic E-state index is 0.685. The van der Waals surface area contributed by atoms with Gasteiger partial charge in [-0.15, -0.1) is 0 Å². The Labute approximate surface area is 98.6 Å². The predicted octanol–water partition coefficient (Wildman–Crippen LogP) is 2.59. The molecule has 0 aliphatic rings. The number of imidazole rings is 1. The Kier molecular flexibility index (Phi) is 2.46. The standard InChI is InChI=1S/C13H11N3O/c1-2-12(17-9-1)10-16-8-7-15-13(16)11-3-5-14-6-4-11/h1-9H,10H2. The minimum Gasteiger partial charge on any atom is -0.467 e. The van der Waals surface area contributed by atoms with Gasteiger partial charge in [0.25, 0.3) is 0 Å². The molecule has 0 atom stereocenters. The summed E-state index contributed by atoms with van der Waals surface area (Å²) in [7, 11) is 0. The minimum atomic E-state index is 0.685. The van der Waals surface area contributed by atoms with E-state index in [4.69, 9.17) is 4.42 Å². The Morgan fingerprint density at radius 1 is 1.12 bits per heavy atom. The molecule has 0 spiro atoms. The van der Waals surface area contributed by atoms with Crippen LogP contribution in [0.4, 0.5) is 0 Å². The van der Waals surface area contributed by atoms with Crippen molar-refractivity contribution in [1.29, 1.82) is 0 Å². The molecule has 0 amide bonds. The van der Waals surface area contributed by atoms with Crippen LogP contribution in [-0.4, -0.2) is 14.5 Å². The third-order valence-corrected chi connectivity index (χ3v) is 2.56. The first-order chi connectivity index (χ1) is 8.43. The quantitative estimate of drug-likeness (QED) is 0.688. The molecule has 0 unspecified atom stereocenters. The van der Waals surface area contributed by atoms with E-state index in [0.29, 0.717) is 6.54 Å². The van der Waals surface area contributed by atoms with Gasteiger partial charge in [0, 0.05) is 30.4 Å². The van der Waals surface area contributed by atoms with Crippen molar-refractivity contribution in [3.05, 3.63) is 61.1 Å². The molecule has 0 saturated heterocycles. The van der Waals surface area contributed by atoms with Crippen LogP contribution in [0, 0.1) is 0 Å². The van der Waals surface area contributed by atoms with E-state index in [1.807, 2.05) is 35.0 Å². The number of hydrogen-bond acceptors (Lipinski definition) is 3. The molecule has 0 aromatic carbocycles. The van der Waals surface area contributed by atoms with Gasteiger partial charge in [0.15, 0.2) is 0 Å². The van der Waals surface area contributed by atoms with Gasteiger partial charge in [-0.2, -0.15) is 0 Å². The predicted molar refractivity (Wildman–Crippen MR) is 63.3 cm³/mol. The lowest BCUT2D eigenvalue weighted by Gasteiger charge is -2.05. The van der Waals surface area contributed by atoms with Crippen LogP contribution in [0.3, 0.4) is 0 Å². The summed E-state index contributed by atoms with van der Waals surface area (Å²) in [5, 5.41) is 0. The highest BCUT2D eigenvalue weighted by atomic mass is 16.3. The molecular weight excluding hydrogens is 214 g/mol. The Hall–Kier alpha value is -2.36. The van der Waals surface area contributed by atoms with E-state index in [-0.39, 0.29) is 0 Å². The topological polar surface area (TPSA) is 43.9 Å². The van der Waals surface area contributed by atoms with E-state index in [0.717, 1.165) is 17.1 Å². The summed E-state index contributed by atoms with van der Waals surface area (Å²) < 4.78 is 7.39. The molecular formula is C13H11N3O. The maximum Gasteiger partial charge on any atom is 0.140 e. The van der Waals surface area contributed by atoms with Gasteiger partial charge >= 0.3 is 0 Å². The van der Waals surface area contributed by atoms with Crippen LogP contribution in [0.2, 0.25) is 0 Å². The van der Waals surface area contributed by atoms with Crippen LogP contribution >= 0.6 is 0 Å². The summed E-state index contributed by atoms with van der Waals surface area (Å²) in [5.41, 5.74) is 1.05. The first kappa shape index (κ1) is 9.84. The van der Waals surface area contributed by atoms with E-state index < -0.39 is 0 Å². The second-order valence-corrected chi connectivity index (χ2v) is 3.69. The zero-order chi connectivity index (χ0) is 11.5. The monoisotopic (exact) mass is 225 g/mol. The smallest absolute Gasteiger partial charge is 0.140 e. The molecule has 17 heavy (non-hydrogen) atoms. The molecule has 0 N–H and O–H groups in total. The van der Waals surface area contributed by atoms with Crippen LogP contribution in [0.5, 0.6) is 0 Å². The number of rotatable bonds is 3. The molecule has 0 bridgehead atoms. The third-order valence-electron chi connectivity index (χ3n) is 2.56. The number of furan rings is 1. The lowest BCUT2D eigenvalue weighted by Crippen LogP contribution is -1.99. The average Bonchev–Trinajstić information content (AvgIpc) is 3.02. The normalized spacial score (nSPS) is 10.6. The van der Waals surface area contributed by atoms with E-state index in [1.54, 1.807) is 24.9 Å². The molecule has 0 saturated carbocycles. The second kappa shape index (κ2) is 4.25. The van der Waals surface area contributed by atoms with Crippen molar-refractivity contribution >= 4 is 0 Å². The van der Waals surface area contributed by atoms with Crippen LogP contribution in [0.15, 0.2) is 59.7 Å². The highest BCUT2D eigenvalue weighted by Gasteiger charge is 2.06. The SMILES string of the molecule is c1coc(Cn2ccnc2-c2ccncc2)c1. The first-order valence-corrected chi connectivity index (χ1v) is 5.37. The van der Waals surface area contributed by atoms with Crippen molar-refractivity contribution in [3.8, 4) is 11.4 Å². The van der Waals surface area contributed by atoms with Crippen molar-refractivity contribution < 1.29 is 4.42 Å². The van der Waals surface area contributed by atoms with Gasteiger partial charge in [0.05, 0.1) is 12.8 Å². The van der Waals surface area contributed by atoms with Gasteiger partial charge in [0.2, 0.25) is 0 Å². The van der Waals surface area contributed by atoms with Crippen molar-refractivity contribution in [3.63, 3.8) is 0 Å². The molecule has 0 fully saturated rings. The third kappa shape index (κ3) is 1.97. The van der Waals surface area contributed by atoms with Crippen LogP contribution in [0.1, 0.15) is 5.76 Å². The van der Waals surface area contributed by atoms with Crippen molar-refractivity contribution in [2.75, 3.05) is 0 Å². The fourth-order valence-corrected chi connectivity index (χ4v) is 1.77. The van der Waals surface area contributed by atoms with E-state index in [9.17, 15) is 0 Å².